The van der Waals surface area contributed by atoms with Crippen LogP contribution < -0.4 is 10.6 Å². The number of hydrogen-bond donors (Lipinski definition) is 3. The van der Waals surface area contributed by atoms with Gasteiger partial charge in [0.1, 0.15) is 0 Å². The highest BCUT2D eigenvalue weighted by molar-refractivity contribution is 5.75. The Kier molecular flexibility index (Phi) is 8.03. The topological polar surface area (TPSA) is 97.6 Å². The number of nitrogens with one attached hydrogen (secondary N) is 2. The van der Waals surface area contributed by atoms with E-state index in [0.717, 1.165) is 33.3 Å². The summed E-state index contributed by atoms with van der Waals surface area (Å²) in [5, 5.41) is 15.1. The van der Waals surface area contributed by atoms with Crippen LogP contribution in [0.5, 0.6) is 0 Å². The van der Waals surface area contributed by atoms with Crippen LogP contribution in [0.3, 0.4) is 0 Å². The van der Waals surface area contributed by atoms with Gasteiger partial charge in [-0.2, -0.15) is 0 Å². The number of benzene rings is 3. The van der Waals surface area contributed by atoms with Crippen molar-refractivity contribution in [2.24, 2.45) is 5.92 Å². The maximum absolute atomic E-state index is 11.7. The number of ether oxygens (including phenoxy) is 2. The van der Waals surface area contributed by atoms with Crippen molar-refractivity contribution in [2.45, 2.75) is 52.0 Å². The summed E-state index contributed by atoms with van der Waals surface area (Å²) in [5.41, 5.74) is 5.84. The van der Waals surface area contributed by atoms with Gasteiger partial charge in [-0.15, -0.1) is 0 Å². The third kappa shape index (κ3) is 5.72. The molecule has 2 amide bonds. The Morgan fingerprint density at radius 1 is 0.947 bits per heavy atom. The fraction of sp³-hybridized carbons (Fsp3) is 0.333. The Hall–Kier alpha value is -3.72. The molecule has 0 unspecified atom stereocenters. The number of rotatable bonds is 8. The second-order valence-electron chi connectivity index (χ2n) is 9.66. The molecule has 1 aliphatic heterocycles. The van der Waals surface area contributed by atoms with Crippen LogP contribution >= 0.6 is 0 Å². The molecule has 4 atom stereocenters. The number of fused-ring (bicyclic) bond motifs is 1. The summed E-state index contributed by atoms with van der Waals surface area (Å²) in [6.45, 7) is 5.70. The Morgan fingerprint density at radius 3 is 2.39 bits per heavy atom. The van der Waals surface area contributed by atoms with Crippen molar-refractivity contribution in [3.05, 3.63) is 101 Å². The van der Waals surface area contributed by atoms with Crippen molar-refractivity contribution < 1.29 is 19.4 Å². The van der Waals surface area contributed by atoms with Crippen LogP contribution in [-0.4, -0.2) is 33.3 Å². The van der Waals surface area contributed by atoms with Gasteiger partial charge >= 0.3 is 6.03 Å². The lowest BCUT2D eigenvalue weighted by Crippen LogP contribution is -2.39. The number of aliphatic hydroxyl groups excluding tert-OH is 1. The highest BCUT2D eigenvalue weighted by Gasteiger charge is 2.38. The zero-order valence-corrected chi connectivity index (χ0v) is 21.7. The molecule has 3 N–H and O–H groups in total. The molecule has 198 valence electrons. The molecule has 0 bridgehead atoms. The smallest absolute Gasteiger partial charge is 0.315 e. The largest absolute Gasteiger partial charge is 0.392 e. The number of imidazole rings is 1. The summed E-state index contributed by atoms with van der Waals surface area (Å²) in [5.74, 6) is 0.0629. The van der Waals surface area contributed by atoms with Crippen molar-refractivity contribution in [3.8, 4) is 0 Å². The first-order valence-electron chi connectivity index (χ1n) is 13.1. The number of nitrogens with zero attached hydrogens (tertiary/aromatic N) is 2. The van der Waals surface area contributed by atoms with Gasteiger partial charge in [-0.3, -0.25) is 0 Å². The molecular formula is C30H34N4O4. The highest BCUT2D eigenvalue weighted by atomic mass is 16.7. The number of aromatic nitrogens is 2. The van der Waals surface area contributed by atoms with Crippen molar-refractivity contribution in [1.29, 1.82) is 0 Å². The van der Waals surface area contributed by atoms with E-state index in [9.17, 15) is 9.90 Å². The first kappa shape index (κ1) is 25.9. The van der Waals surface area contributed by atoms with Crippen LogP contribution in [0.25, 0.3) is 11.0 Å². The van der Waals surface area contributed by atoms with Gasteiger partial charge < -0.3 is 29.8 Å². The van der Waals surface area contributed by atoms with E-state index in [1.165, 1.54) is 0 Å². The monoisotopic (exact) mass is 514 g/mol. The summed E-state index contributed by atoms with van der Waals surface area (Å²) in [4.78, 5) is 16.3. The molecule has 4 aromatic rings. The van der Waals surface area contributed by atoms with E-state index in [1.807, 2.05) is 80.0 Å². The Bertz CT molecular complexity index is 1350. The number of amides is 2. The third-order valence-electron chi connectivity index (χ3n) is 7.07. The number of carbonyl (C=O) groups excluding carboxylic acids is 1. The molecule has 3 aromatic carbocycles. The summed E-state index contributed by atoms with van der Waals surface area (Å²) in [6, 6.07) is 23.8. The lowest BCUT2D eigenvalue weighted by atomic mass is 9.90. The summed E-state index contributed by atoms with van der Waals surface area (Å²) in [6.07, 6.45) is 0.986. The molecule has 1 aliphatic rings. The van der Waals surface area contributed by atoms with Gasteiger partial charge in [0.25, 0.3) is 0 Å². The summed E-state index contributed by atoms with van der Waals surface area (Å²) in [7, 11) is 0. The van der Waals surface area contributed by atoms with Crippen LogP contribution in [0.1, 0.15) is 48.5 Å². The second-order valence-corrected chi connectivity index (χ2v) is 9.66. The molecule has 8 nitrogen and oxygen atoms in total. The quantitative estimate of drug-likeness (QED) is 0.313. The van der Waals surface area contributed by atoms with Crippen LogP contribution in [0.15, 0.2) is 79.1 Å². The van der Waals surface area contributed by atoms with Gasteiger partial charge in [0.05, 0.1) is 42.7 Å². The van der Waals surface area contributed by atoms with Crippen molar-refractivity contribution in [1.82, 2.24) is 20.2 Å². The van der Waals surface area contributed by atoms with E-state index in [-0.39, 0.29) is 30.8 Å². The molecule has 0 aliphatic carbocycles. The maximum atomic E-state index is 11.7. The average molecular weight is 515 g/mol. The third-order valence-corrected chi connectivity index (χ3v) is 7.07. The zero-order chi connectivity index (χ0) is 26.5. The fourth-order valence-corrected chi connectivity index (χ4v) is 4.88. The van der Waals surface area contributed by atoms with Crippen molar-refractivity contribution in [3.63, 3.8) is 0 Å². The van der Waals surface area contributed by atoms with Crippen molar-refractivity contribution >= 4 is 17.1 Å². The Morgan fingerprint density at radius 2 is 1.66 bits per heavy atom. The van der Waals surface area contributed by atoms with Gasteiger partial charge in [0, 0.05) is 24.6 Å². The first-order valence-corrected chi connectivity index (χ1v) is 13.1. The predicted molar refractivity (Wildman–Crippen MR) is 145 cm³/mol. The molecule has 1 saturated heterocycles. The van der Waals surface area contributed by atoms with Gasteiger partial charge in [-0.1, -0.05) is 67.6 Å². The van der Waals surface area contributed by atoms with Crippen LogP contribution in [0.4, 0.5) is 4.79 Å². The van der Waals surface area contributed by atoms with Gasteiger partial charge in [0.2, 0.25) is 0 Å². The number of urea groups is 1. The zero-order valence-electron chi connectivity index (χ0n) is 21.7. The van der Waals surface area contributed by atoms with E-state index in [1.54, 1.807) is 0 Å². The van der Waals surface area contributed by atoms with Crippen LogP contribution in [0, 0.1) is 5.92 Å². The van der Waals surface area contributed by atoms with Crippen LogP contribution in [0.2, 0.25) is 0 Å². The molecule has 5 rings (SSSR count). The Labute approximate surface area is 222 Å². The lowest BCUT2D eigenvalue weighted by Gasteiger charge is -2.41. The second kappa shape index (κ2) is 11.8. The van der Waals surface area contributed by atoms with Crippen LogP contribution in [-0.2, 0) is 29.2 Å². The highest BCUT2D eigenvalue weighted by Crippen LogP contribution is 2.42. The van der Waals surface area contributed by atoms with Gasteiger partial charge in [0.15, 0.2) is 6.29 Å². The number of aliphatic hydroxyl groups is 1. The summed E-state index contributed by atoms with van der Waals surface area (Å²) >= 11 is 0. The number of para-hydroxylation sites is 2. The first-order chi connectivity index (χ1) is 18.6. The van der Waals surface area contributed by atoms with E-state index in [0.29, 0.717) is 19.6 Å². The molecule has 8 heteroatoms. The molecule has 0 radical (unpaired) electrons. The number of hydrogen-bond acceptors (Lipinski definition) is 5. The Balaban J connectivity index is 1.39. The van der Waals surface area contributed by atoms with Crippen molar-refractivity contribution in [2.75, 3.05) is 6.54 Å². The minimum Gasteiger partial charge on any atom is -0.392 e. The van der Waals surface area contributed by atoms with Gasteiger partial charge in [-0.25, -0.2) is 9.78 Å². The molecule has 2 heterocycles. The standard InChI is InChI=1S/C30H34N4O4/c1-3-31-30(36)32-16-21-8-14-24(15-9-21)29-37-27(17-34-19-33-25-6-4-5-7-26(25)34)20(2)28(38-29)23-12-10-22(18-35)11-13-23/h4-15,19-20,27-29,35H,3,16-18H2,1-2H3,(H2,31,32,36)/t20-,27+,28+,29+/m1/s1. The lowest BCUT2D eigenvalue weighted by molar-refractivity contribution is -0.276. The predicted octanol–water partition coefficient (Wildman–Crippen LogP) is 4.84. The minimum atomic E-state index is -0.557. The van der Waals surface area contributed by atoms with E-state index < -0.39 is 6.29 Å². The normalized spacial score (nSPS) is 21.3. The van der Waals surface area contributed by atoms with E-state index in [2.05, 4.69) is 33.2 Å². The molecule has 0 saturated carbocycles. The van der Waals surface area contributed by atoms with E-state index >= 15 is 0 Å². The maximum Gasteiger partial charge on any atom is 0.315 e. The summed E-state index contributed by atoms with van der Waals surface area (Å²) < 4.78 is 15.3. The number of carbonyl (C=O) groups is 1. The fourth-order valence-electron chi connectivity index (χ4n) is 4.88. The SMILES string of the molecule is CCNC(=O)NCc1ccc([C@H]2O[C@@H](Cn3cnc4ccccc43)[C@@H](C)[C@@H](c3ccc(CO)cc3)O2)cc1. The van der Waals surface area contributed by atoms with Gasteiger partial charge in [-0.05, 0) is 35.7 Å². The van der Waals surface area contributed by atoms with E-state index in [4.69, 9.17) is 9.47 Å². The average Bonchev–Trinajstić information content (AvgIpc) is 3.36. The molecule has 1 fully saturated rings. The molecule has 0 spiro atoms. The minimum absolute atomic E-state index is 0.00469. The molecule has 38 heavy (non-hydrogen) atoms. The molecule has 1 aromatic heterocycles. The molecular weight excluding hydrogens is 480 g/mol.